The molecule has 0 amide bonds. The van der Waals surface area contributed by atoms with Crippen molar-refractivity contribution >= 4 is 5.71 Å². The maximum atomic E-state index is 3.97. The zero-order valence-corrected chi connectivity index (χ0v) is 6.02. The lowest BCUT2D eigenvalue weighted by molar-refractivity contribution is 1.37. The Morgan fingerprint density at radius 1 is 1.25 bits per heavy atom. The Morgan fingerprint density at radius 2 is 1.75 bits per heavy atom. The first-order valence-corrected chi connectivity index (χ1v) is 2.75. The molecule has 0 aliphatic rings. The van der Waals surface area contributed by atoms with Gasteiger partial charge in [-0.15, -0.1) is 0 Å². The minimum atomic E-state index is 1.09. The topological polar surface area (TPSA) is 12.4 Å². The summed E-state index contributed by atoms with van der Waals surface area (Å²) in [5.74, 6) is 0. The van der Waals surface area contributed by atoms with Gasteiger partial charge in [-0.3, -0.25) is 4.99 Å². The molecule has 0 spiro atoms. The van der Waals surface area contributed by atoms with Crippen LogP contribution in [0.5, 0.6) is 0 Å². The van der Waals surface area contributed by atoms with Gasteiger partial charge in [0.1, 0.15) is 0 Å². The summed E-state index contributed by atoms with van der Waals surface area (Å²) in [6.07, 6.45) is 2.06. The zero-order valence-electron chi connectivity index (χ0n) is 6.02. The molecule has 0 rings (SSSR count). The van der Waals surface area contributed by atoms with Crippen LogP contribution in [-0.2, 0) is 0 Å². The molecular formula is C7H13N. The molecule has 1 nitrogen and oxygen atoms in total. The van der Waals surface area contributed by atoms with E-state index in [1.165, 1.54) is 5.57 Å². The lowest BCUT2D eigenvalue weighted by atomic mass is 10.3. The summed E-state index contributed by atoms with van der Waals surface area (Å²) in [7, 11) is 1.80. The first kappa shape index (κ1) is 7.41. The van der Waals surface area contributed by atoms with Crippen LogP contribution in [-0.4, -0.2) is 12.8 Å². The number of aliphatic imine (C=N–C) groups is 1. The standard InChI is InChI=1S/C7H13N/c1-6(2)5-7(3)8-4/h5H,1-4H3. The molecule has 0 heterocycles. The number of nitrogens with zero attached hydrogens (tertiary/aromatic N) is 1. The number of allylic oxidation sites excluding steroid dienone is 2. The van der Waals surface area contributed by atoms with Gasteiger partial charge in [-0.2, -0.15) is 0 Å². The molecule has 0 fully saturated rings. The highest BCUT2D eigenvalue weighted by Crippen LogP contribution is 1.88. The van der Waals surface area contributed by atoms with Gasteiger partial charge < -0.3 is 0 Å². The normalized spacial score (nSPS) is 11.2. The highest BCUT2D eigenvalue weighted by molar-refractivity contribution is 5.93. The third-order valence-electron chi connectivity index (χ3n) is 0.850. The molecule has 0 bridgehead atoms. The smallest absolute Gasteiger partial charge is 0.0313 e. The van der Waals surface area contributed by atoms with Crippen LogP contribution < -0.4 is 0 Å². The predicted molar refractivity (Wildman–Crippen MR) is 38.5 cm³/mol. The molecule has 0 N–H and O–H groups in total. The minimum Gasteiger partial charge on any atom is -0.293 e. The highest BCUT2D eigenvalue weighted by Gasteiger charge is 1.78. The van der Waals surface area contributed by atoms with Crippen molar-refractivity contribution in [1.82, 2.24) is 0 Å². The summed E-state index contributed by atoms with van der Waals surface area (Å²) in [4.78, 5) is 3.97. The Bertz CT molecular complexity index is 116. The Kier molecular flexibility index (Phi) is 3.16. The molecule has 0 saturated carbocycles. The van der Waals surface area contributed by atoms with Crippen molar-refractivity contribution in [3.63, 3.8) is 0 Å². The fourth-order valence-electron chi connectivity index (χ4n) is 0.482. The van der Waals surface area contributed by atoms with Gasteiger partial charge in [-0.05, 0) is 26.8 Å². The van der Waals surface area contributed by atoms with Crippen LogP contribution in [0.3, 0.4) is 0 Å². The fourth-order valence-corrected chi connectivity index (χ4v) is 0.482. The summed E-state index contributed by atoms with van der Waals surface area (Å²) in [5.41, 5.74) is 2.39. The first-order chi connectivity index (χ1) is 3.66. The Morgan fingerprint density at radius 3 is 1.88 bits per heavy atom. The van der Waals surface area contributed by atoms with Crippen molar-refractivity contribution in [3.05, 3.63) is 11.6 Å². The molecule has 0 aromatic carbocycles. The molecule has 0 atom stereocenters. The molecule has 0 aromatic heterocycles. The van der Waals surface area contributed by atoms with E-state index >= 15 is 0 Å². The number of rotatable bonds is 1. The quantitative estimate of drug-likeness (QED) is 0.459. The fraction of sp³-hybridized carbons (Fsp3) is 0.571. The van der Waals surface area contributed by atoms with Crippen molar-refractivity contribution in [2.45, 2.75) is 20.8 Å². The Balaban J connectivity index is 3.89. The molecule has 46 valence electrons. The van der Waals surface area contributed by atoms with E-state index < -0.39 is 0 Å². The van der Waals surface area contributed by atoms with Crippen LogP contribution in [0, 0.1) is 0 Å². The maximum Gasteiger partial charge on any atom is 0.0313 e. The summed E-state index contributed by atoms with van der Waals surface area (Å²) >= 11 is 0. The van der Waals surface area contributed by atoms with Crippen molar-refractivity contribution in [3.8, 4) is 0 Å². The molecule has 0 aromatic rings. The van der Waals surface area contributed by atoms with Crippen molar-refractivity contribution in [2.75, 3.05) is 7.05 Å². The van der Waals surface area contributed by atoms with E-state index in [1.807, 2.05) is 6.92 Å². The molecule has 0 aliphatic heterocycles. The van der Waals surface area contributed by atoms with Crippen molar-refractivity contribution in [2.24, 2.45) is 4.99 Å². The van der Waals surface area contributed by atoms with E-state index in [1.54, 1.807) is 7.05 Å². The molecule has 0 saturated heterocycles. The summed E-state index contributed by atoms with van der Waals surface area (Å²) in [6, 6.07) is 0. The average Bonchev–Trinajstić information content (AvgIpc) is 1.65. The summed E-state index contributed by atoms with van der Waals surface area (Å²) in [5, 5.41) is 0. The lowest BCUT2D eigenvalue weighted by Crippen LogP contribution is -1.83. The number of hydrogen-bond acceptors (Lipinski definition) is 1. The van der Waals surface area contributed by atoms with E-state index in [0.29, 0.717) is 0 Å². The van der Waals surface area contributed by atoms with Gasteiger partial charge in [-0.1, -0.05) is 5.57 Å². The van der Waals surface area contributed by atoms with Gasteiger partial charge in [0.25, 0.3) is 0 Å². The second-order valence-electron chi connectivity index (χ2n) is 2.09. The van der Waals surface area contributed by atoms with Crippen molar-refractivity contribution < 1.29 is 0 Å². The summed E-state index contributed by atoms with van der Waals surface area (Å²) in [6.45, 7) is 6.12. The highest BCUT2D eigenvalue weighted by atomic mass is 14.7. The van der Waals surface area contributed by atoms with Crippen LogP contribution in [0.15, 0.2) is 16.6 Å². The molecule has 1 heteroatoms. The van der Waals surface area contributed by atoms with Crippen LogP contribution in [0.2, 0.25) is 0 Å². The molecule has 0 unspecified atom stereocenters. The van der Waals surface area contributed by atoms with Crippen LogP contribution in [0.4, 0.5) is 0 Å². The second kappa shape index (κ2) is 3.42. The van der Waals surface area contributed by atoms with Crippen LogP contribution in [0.25, 0.3) is 0 Å². The third kappa shape index (κ3) is 3.59. The van der Waals surface area contributed by atoms with Gasteiger partial charge in [0, 0.05) is 12.8 Å². The van der Waals surface area contributed by atoms with E-state index in [0.717, 1.165) is 5.71 Å². The lowest BCUT2D eigenvalue weighted by Gasteiger charge is -1.87. The van der Waals surface area contributed by atoms with Gasteiger partial charge in [0.05, 0.1) is 0 Å². The molecule has 0 radical (unpaired) electrons. The zero-order chi connectivity index (χ0) is 6.57. The van der Waals surface area contributed by atoms with E-state index in [4.69, 9.17) is 0 Å². The third-order valence-corrected chi connectivity index (χ3v) is 0.850. The van der Waals surface area contributed by atoms with Gasteiger partial charge >= 0.3 is 0 Å². The molecule has 8 heavy (non-hydrogen) atoms. The predicted octanol–water partition coefficient (Wildman–Crippen LogP) is 2.04. The van der Waals surface area contributed by atoms with Gasteiger partial charge in [0.2, 0.25) is 0 Å². The van der Waals surface area contributed by atoms with Gasteiger partial charge in [-0.25, -0.2) is 0 Å². The van der Waals surface area contributed by atoms with Crippen LogP contribution >= 0.6 is 0 Å². The monoisotopic (exact) mass is 111 g/mol. The largest absolute Gasteiger partial charge is 0.293 e. The van der Waals surface area contributed by atoms with E-state index in [2.05, 4.69) is 24.9 Å². The maximum absolute atomic E-state index is 3.97. The number of hydrogen-bond donors (Lipinski definition) is 0. The SMILES string of the molecule is CN=C(C)C=C(C)C. The minimum absolute atomic E-state index is 1.09. The van der Waals surface area contributed by atoms with E-state index in [-0.39, 0.29) is 0 Å². The molecule has 0 aliphatic carbocycles. The van der Waals surface area contributed by atoms with Crippen molar-refractivity contribution in [1.29, 1.82) is 0 Å². The first-order valence-electron chi connectivity index (χ1n) is 2.75. The average molecular weight is 111 g/mol. The Hall–Kier alpha value is -0.590. The Labute approximate surface area is 51.1 Å². The summed E-state index contributed by atoms with van der Waals surface area (Å²) < 4.78 is 0. The second-order valence-corrected chi connectivity index (χ2v) is 2.09. The van der Waals surface area contributed by atoms with E-state index in [9.17, 15) is 0 Å². The molecular weight excluding hydrogens is 98.1 g/mol. The van der Waals surface area contributed by atoms with Gasteiger partial charge in [0.15, 0.2) is 0 Å². The van der Waals surface area contributed by atoms with Crippen LogP contribution in [0.1, 0.15) is 20.8 Å².